The second-order valence-corrected chi connectivity index (χ2v) is 5.07. The quantitative estimate of drug-likeness (QED) is 0.773. The number of aryl methyl sites for hydroxylation is 1. The molecule has 0 fully saturated rings. The van der Waals surface area contributed by atoms with Crippen molar-refractivity contribution in [1.29, 1.82) is 0 Å². The highest BCUT2D eigenvalue weighted by molar-refractivity contribution is 5.81. The molecular weight excluding hydrogens is 244 g/mol. The number of pyridine rings is 1. The maximum absolute atomic E-state index is 4.77. The lowest BCUT2D eigenvalue weighted by atomic mass is 10.0. The van der Waals surface area contributed by atoms with Crippen LogP contribution in [0.25, 0.3) is 22.2 Å². The van der Waals surface area contributed by atoms with Crippen molar-refractivity contribution in [1.82, 2.24) is 10.3 Å². The van der Waals surface area contributed by atoms with Crippen LogP contribution in [0.15, 0.2) is 54.6 Å². The molecule has 1 aromatic heterocycles. The number of aromatic nitrogens is 1. The summed E-state index contributed by atoms with van der Waals surface area (Å²) in [5.41, 5.74) is 5.85. The average Bonchev–Trinajstić information content (AvgIpc) is 2.47. The highest BCUT2D eigenvalue weighted by atomic mass is 14.8. The predicted molar refractivity (Wildman–Crippen MR) is 84.7 cm³/mol. The second kappa shape index (κ2) is 5.43. The summed E-state index contributed by atoms with van der Waals surface area (Å²) in [6, 6.07) is 19.0. The van der Waals surface area contributed by atoms with Crippen molar-refractivity contribution in [3.63, 3.8) is 0 Å². The Morgan fingerprint density at radius 2 is 1.85 bits per heavy atom. The Labute approximate surface area is 119 Å². The minimum atomic E-state index is 0.895. The Hall–Kier alpha value is -2.19. The first-order valence-electron chi connectivity index (χ1n) is 6.88. The molecule has 0 amide bonds. The molecule has 100 valence electrons. The Morgan fingerprint density at radius 3 is 2.65 bits per heavy atom. The molecule has 0 aliphatic carbocycles. The zero-order chi connectivity index (χ0) is 13.9. The van der Waals surface area contributed by atoms with Gasteiger partial charge in [0.2, 0.25) is 0 Å². The number of nitrogens with one attached hydrogen (secondary N) is 1. The number of benzene rings is 2. The maximum Gasteiger partial charge on any atom is 0.0712 e. The van der Waals surface area contributed by atoms with Gasteiger partial charge in [0.15, 0.2) is 0 Å². The average molecular weight is 262 g/mol. The van der Waals surface area contributed by atoms with Crippen LogP contribution in [0.3, 0.4) is 0 Å². The number of rotatable bonds is 3. The van der Waals surface area contributed by atoms with E-state index in [9.17, 15) is 0 Å². The van der Waals surface area contributed by atoms with Gasteiger partial charge in [0, 0.05) is 17.5 Å². The van der Waals surface area contributed by atoms with Crippen molar-refractivity contribution < 1.29 is 0 Å². The number of hydrogen-bond donors (Lipinski definition) is 1. The van der Waals surface area contributed by atoms with Gasteiger partial charge < -0.3 is 5.32 Å². The van der Waals surface area contributed by atoms with Crippen LogP contribution in [0.2, 0.25) is 0 Å². The molecule has 0 bridgehead atoms. The Bertz CT molecular complexity index is 747. The molecular formula is C18H18N2. The summed E-state index contributed by atoms with van der Waals surface area (Å²) in [6.45, 7) is 3.04. The molecule has 0 aliphatic rings. The summed E-state index contributed by atoms with van der Waals surface area (Å²) in [6.07, 6.45) is 0. The van der Waals surface area contributed by atoms with Crippen LogP contribution < -0.4 is 5.32 Å². The third kappa shape index (κ3) is 2.43. The third-order valence-electron chi connectivity index (χ3n) is 3.55. The smallest absolute Gasteiger partial charge is 0.0712 e. The van der Waals surface area contributed by atoms with Gasteiger partial charge in [-0.3, -0.25) is 0 Å². The molecule has 0 aliphatic heterocycles. The fourth-order valence-corrected chi connectivity index (χ4v) is 2.54. The van der Waals surface area contributed by atoms with Crippen molar-refractivity contribution >= 4 is 10.9 Å². The molecule has 0 saturated heterocycles. The molecule has 0 spiro atoms. The van der Waals surface area contributed by atoms with Gasteiger partial charge in [-0.1, -0.05) is 42.5 Å². The summed E-state index contributed by atoms with van der Waals surface area (Å²) in [4.78, 5) is 4.77. The summed E-state index contributed by atoms with van der Waals surface area (Å²) >= 11 is 0. The third-order valence-corrected chi connectivity index (χ3v) is 3.55. The fourth-order valence-electron chi connectivity index (χ4n) is 2.54. The van der Waals surface area contributed by atoms with Crippen molar-refractivity contribution in [3.8, 4) is 11.3 Å². The van der Waals surface area contributed by atoms with Crippen LogP contribution in [0.1, 0.15) is 11.1 Å². The van der Waals surface area contributed by atoms with Crippen molar-refractivity contribution in [2.45, 2.75) is 13.5 Å². The molecule has 2 heteroatoms. The highest BCUT2D eigenvalue weighted by Gasteiger charge is 2.05. The first kappa shape index (κ1) is 12.8. The van der Waals surface area contributed by atoms with E-state index in [4.69, 9.17) is 4.98 Å². The van der Waals surface area contributed by atoms with Crippen molar-refractivity contribution in [2.24, 2.45) is 0 Å². The topological polar surface area (TPSA) is 24.9 Å². The fraction of sp³-hybridized carbons (Fsp3) is 0.167. The van der Waals surface area contributed by atoms with Crippen LogP contribution >= 0.6 is 0 Å². The molecule has 3 rings (SSSR count). The number of fused-ring (bicyclic) bond motifs is 1. The Balaban J connectivity index is 2.06. The van der Waals surface area contributed by atoms with Gasteiger partial charge in [-0.05, 0) is 37.2 Å². The molecule has 3 aromatic rings. The number of nitrogens with zero attached hydrogens (tertiary/aromatic N) is 1. The largest absolute Gasteiger partial charge is 0.316 e. The van der Waals surface area contributed by atoms with E-state index in [1.165, 1.54) is 22.1 Å². The van der Waals surface area contributed by atoms with Crippen LogP contribution in [-0.4, -0.2) is 12.0 Å². The minimum absolute atomic E-state index is 0.895. The molecule has 1 N–H and O–H groups in total. The molecule has 0 radical (unpaired) electrons. The van der Waals surface area contributed by atoms with E-state index in [1.807, 2.05) is 19.2 Å². The van der Waals surface area contributed by atoms with E-state index in [0.717, 1.165) is 17.8 Å². The van der Waals surface area contributed by atoms with E-state index >= 15 is 0 Å². The summed E-state index contributed by atoms with van der Waals surface area (Å²) < 4.78 is 0. The number of para-hydroxylation sites is 1. The SMILES string of the molecule is CNCc1ccc(-c2ccc3ccccc3n2)c(C)c1. The van der Waals surface area contributed by atoms with Crippen molar-refractivity contribution in [3.05, 3.63) is 65.7 Å². The normalized spacial score (nSPS) is 10.9. The molecule has 20 heavy (non-hydrogen) atoms. The summed E-state index contributed by atoms with van der Waals surface area (Å²) in [5, 5.41) is 4.36. The first-order valence-corrected chi connectivity index (χ1v) is 6.88. The van der Waals surface area contributed by atoms with E-state index < -0.39 is 0 Å². The van der Waals surface area contributed by atoms with Gasteiger partial charge in [0.25, 0.3) is 0 Å². The lowest BCUT2D eigenvalue weighted by Gasteiger charge is -2.09. The minimum Gasteiger partial charge on any atom is -0.316 e. The molecule has 2 aromatic carbocycles. The van der Waals surface area contributed by atoms with Crippen LogP contribution in [-0.2, 0) is 6.54 Å². The van der Waals surface area contributed by atoms with Crippen molar-refractivity contribution in [2.75, 3.05) is 7.05 Å². The first-order chi connectivity index (χ1) is 9.78. The van der Waals surface area contributed by atoms with Gasteiger partial charge in [0.05, 0.1) is 11.2 Å². The van der Waals surface area contributed by atoms with E-state index in [-0.39, 0.29) is 0 Å². The lowest BCUT2D eigenvalue weighted by molar-refractivity contribution is 0.817. The highest BCUT2D eigenvalue weighted by Crippen LogP contribution is 2.24. The van der Waals surface area contributed by atoms with Crippen LogP contribution in [0, 0.1) is 6.92 Å². The van der Waals surface area contributed by atoms with Crippen LogP contribution in [0.4, 0.5) is 0 Å². The lowest BCUT2D eigenvalue weighted by Crippen LogP contribution is -2.05. The second-order valence-electron chi connectivity index (χ2n) is 5.07. The standard InChI is InChI=1S/C18H18N2/c1-13-11-14(12-19-2)7-9-16(13)18-10-8-15-5-3-4-6-17(15)20-18/h3-11,19H,12H2,1-2H3. The summed E-state index contributed by atoms with van der Waals surface area (Å²) in [5.74, 6) is 0. The Morgan fingerprint density at radius 1 is 1.00 bits per heavy atom. The molecule has 0 unspecified atom stereocenters. The molecule has 1 heterocycles. The van der Waals surface area contributed by atoms with E-state index in [1.54, 1.807) is 0 Å². The zero-order valence-electron chi connectivity index (χ0n) is 11.9. The van der Waals surface area contributed by atoms with Gasteiger partial charge in [-0.25, -0.2) is 4.98 Å². The van der Waals surface area contributed by atoms with E-state index in [0.29, 0.717) is 0 Å². The molecule has 2 nitrogen and oxygen atoms in total. The van der Waals surface area contributed by atoms with Gasteiger partial charge in [-0.2, -0.15) is 0 Å². The van der Waals surface area contributed by atoms with Gasteiger partial charge in [0.1, 0.15) is 0 Å². The van der Waals surface area contributed by atoms with Crippen LogP contribution in [0.5, 0.6) is 0 Å². The maximum atomic E-state index is 4.77. The molecule has 0 saturated carbocycles. The Kier molecular flexibility index (Phi) is 3.48. The monoisotopic (exact) mass is 262 g/mol. The number of hydrogen-bond acceptors (Lipinski definition) is 2. The van der Waals surface area contributed by atoms with E-state index in [2.05, 4.69) is 54.7 Å². The van der Waals surface area contributed by atoms with Gasteiger partial charge in [-0.15, -0.1) is 0 Å². The summed E-state index contributed by atoms with van der Waals surface area (Å²) in [7, 11) is 1.97. The molecule has 0 atom stereocenters. The van der Waals surface area contributed by atoms with Gasteiger partial charge >= 0.3 is 0 Å². The zero-order valence-corrected chi connectivity index (χ0v) is 11.9. The predicted octanol–water partition coefficient (Wildman–Crippen LogP) is 3.93.